The van der Waals surface area contributed by atoms with Crippen molar-refractivity contribution < 1.29 is 22.5 Å². The van der Waals surface area contributed by atoms with Gasteiger partial charge in [0.05, 0.1) is 18.2 Å². The third-order valence-corrected chi connectivity index (χ3v) is 9.57. The zero-order chi connectivity index (χ0) is 27.9. The molecule has 0 spiro atoms. The number of anilines is 1. The predicted octanol–water partition coefficient (Wildman–Crippen LogP) is 5.21. The van der Waals surface area contributed by atoms with Gasteiger partial charge in [-0.1, -0.05) is 35.0 Å². The summed E-state index contributed by atoms with van der Waals surface area (Å²) in [5, 5.41) is 3.99. The Morgan fingerprint density at radius 2 is 1.74 bits per heavy atom. The monoisotopic (exact) mass is 549 g/mol. The average Bonchev–Trinajstić information content (AvgIpc) is 3.28. The van der Waals surface area contributed by atoms with E-state index in [9.17, 15) is 13.2 Å². The number of nitrogens with zero attached hydrogens (tertiary/aromatic N) is 3. The van der Waals surface area contributed by atoms with Gasteiger partial charge in [0, 0.05) is 13.1 Å². The number of aryl methyl sites for hydroxylation is 5. The number of carbonyl (C=O) groups excluding carboxylic acids is 1. The van der Waals surface area contributed by atoms with Crippen molar-refractivity contribution in [1.29, 1.82) is 0 Å². The molecule has 1 saturated heterocycles. The highest BCUT2D eigenvalue weighted by atomic mass is 32.2. The minimum atomic E-state index is -3.95. The molecule has 2 aliphatic heterocycles. The molecule has 2 aromatic carbocycles. The highest BCUT2D eigenvalue weighted by molar-refractivity contribution is 7.89. The number of piperidine rings is 1. The minimum Gasteiger partial charge on any atom is -0.490 e. The number of hydrogen-bond acceptors (Lipinski definition) is 6. The van der Waals surface area contributed by atoms with E-state index in [-0.39, 0.29) is 23.1 Å². The number of amides is 1. The first-order valence-corrected chi connectivity index (χ1v) is 14.8. The molecule has 0 radical (unpaired) electrons. The van der Waals surface area contributed by atoms with E-state index < -0.39 is 15.9 Å². The van der Waals surface area contributed by atoms with Gasteiger partial charge in [0.15, 0.2) is 10.7 Å². The maximum atomic E-state index is 13.9. The van der Waals surface area contributed by atoms with Crippen LogP contribution in [-0.4, -0.2) is 50.0 Å². The fraction of sp³-hybridized carbons (Fsp3) is 0.400. The molecule has 0 bridgehead atoms. The molecule has 0 N–H and O–H groups in total. The molecule has 2 aliphatic rings. The molecule has 1 atom stereocenters. The van der Waals surface area contributed by atoms with Crippen molar-refractivity contribution in [2.75, 3.05) is 31.1 Å². The van der Waals surface area contributed by atoms with Crippen LogP contribution in [0.1, 0.15) is 52.1 Å². The van der Waals surface area contributed by atoms with Crippen molar-refractivity contribution in [2.45, 2.75) is 52.4 Å². The zero-order valence-corrected chi connectivity index (χ0v) is 24.0. The van der Waals surface area contributed by atoms with Gasteiger partial charge in [-0.25, -0.2) is 8.42 Å². The van der Waals surface area contributed by atoms with Gasteiger partial charge in [-0.15, -0.1) is 0 Å². The predicted molar refractivity (Wildman–Crippen MR) is 151 cm³/mol. The van der Waals surface area contributed by atoms with Crippen molar-refractivity contribution in [3.05, 3.63) is 69.6 Å². The van der Waals surface area contributed by atoms with Gasteiger partial charge in [-0.05, 0) is 87.9 Å². The molecule has 0 aliphatic carbocycles. The van der Waals surface area contributed by atoms with Crippen molar-refractivity contribution in [3.8, 4) is 5.75 Å². The number of hydrogen-bond donors (Lipinski definition) is 0. The van der Waals surface area contributed by atoms with E-state index >= 15 is 0 Å². The van der Waals surface area contributed by atoms with Crippen LogP contribution in [-0.2, 0) is 14.8 Å². The summed E-state index contributed by atoms with van der Waals surface area (Å²) >= 11 is 0. The molecule has 3 heterocycles. The summed E-state index contributed by atoms with van der Waals surface area (Å²) in [6, 6.07) is 9.96. The number of benzene rings is 2. The van der Waals surface area contributed by atoms with Crippen molar-refractivity contribution in [3.63, 3.8) is 0 Å². The van der Waals surface area contributed by atoms with E-state index in [4.69, 9.17) is 9.26 Å². The lowest BCUT2D eigenvalue weighted by molar-refractivity contribution is -0.123. The molecule has 206 valence electrons. The van der Waals surface area contributed by atoms with E-state index in [2.05, 4.69) is 17.3 Å². The first-order chi connectivity index (χ1) is 18.6. The molecule has 0 unspecified atom stereocenters. The Kier molecular flexibility index (Phi) is 7.39. The largest absolute Gasteiger partial charge is 0.490 e. The van der Waals surface area contributed by atoms with Gasteiger partial charge in [-0.2, -0.15) is 4.31 Å². The molecule has 1 fully saturated rings. The van der Waals surface area contributed by atoms with Gasteiger partial charge in [0.2, 0.25) is 15.9 Å². The zero-order valence-electron chi connectivity index (χ0n) is 23.2. The fourth-order valence-electron chi connectivity index (χ4n) is 5.68. The molecule has 0 saturated carbocycles. The summed E-state index contributed by atoms with van der Waals surface area (Å²) in [4.78, 5) is 15.5. The lowest BCUT2D eigenvalue weighted by Crippen LogP contribution is -2.48. The third-order valence-electron chi connectivity index (χ3n) is 7.55. The van der Waals surface area contributed by atoms with Crippen LogP contribution in [0.3, 0.4) is 0 Å². The quantitative estimate of drug-likeness (QED) is 0.434. The number of rotatable bonds is 5. The fourth-order valence-corrected chi connectivity index (χ4v) is 7.45. The molecular formula is C30H35N3O5S. The van der Waals surface area contributed by atoms with Gasteiger partial charge in [-0.3, -0.25) is 4.79 Å². The Bertz CT molecular complexity index is 1530. The smallest absolute Gasteiger partial charge is 0.248 e. The minimum absolute atomic E-state index is 0.0570. The summed E-state index contributed by atoms with van der Waals surface area (Å²) < 4.78 is 40.5. The number of sulfonamides is 1. The summed E-state index contributed by atoms with van der Waals surface area (Å²) in [6.45, 7) is 11.0. The number of fused-ring (bicyclic) bond motifs is 1. The van der Waals surface area contributed by atoms with Crippen LogP contribution in [0, 0.1) is 40.5 Å². The maximum absolute atomic E-state index is 13.9. The Morgan fingerprint density at radius 1 is 1.00 bits per heavy atom. The molecule has 39 heavy (non-hydrogen) atoms. The normalized spacial score (nSPS) is 18.3. The number of aromatic nitrogens is 1. The summed E-state index contributed by atoms with van der Waals surface area (Å²) in [7, 11) is -3.95. The third kappa shape index (κ3) is 5.25. The van der Waals surface area contributed by atoms with Gasteiger partial charge in [0.25, 0.3) is 0 Å². The van der Waals surface area contributed by atoms with Gasteiger partial charge < -0.3 is 14.2 Å². The Hall–Kier alpha value is -3.43. The topological polar surface area (TPSA) is 93.0 Å². The second-order valence-electron chi connectivity index (χ2n) is 10.6. The van der Waals surface area contributed by atoms with E-state index in [1.807, 2.05) is 52.0 Å². The standard InChI is InChI=1S/C30H35N3O5S/c1-19-8-10-27-26(17-19)33(13-14-37-27)30(34)24-7-6-12-32(18-24)39(35,36)29-23(5)31-38-28(29)11-9-25-21(3)15-20(2)16-22(25)4/h8-11,15-17,24H,6-7,12-14,18H2,1-5H3/b11-9+/t24-/m1/s1. The van der Waals surface area contributed by atoms with Crippen LogP contribution in [0.15, 0.2) is 39.8 Å². The molecule has 5 rings (SSSR count). The first-order valence-electron chi connectivity index (χ1n) is 13.3. The van der Waals surface area contributed by atoms with Crippen LogP contribution in [0.4, 0.5) is 5.69 Å². The summed E-state index contributed by atoms with van der Waals surface area (Å²) in [5.41, 5.74) is 6.47. The maximum Gasteiger partial charge on any atom is 0.248 e. The molecule has 1 aromatic heterocycles. The van der Waals surface area contributed by atoms with Crippen LogP contribution in [0.5, 0.6) is 5.75 Å². The number of carbonyl (C=O) groups is 1. The summed E-state index contributed by atoms with van der Waals surface area (Å²) in [6.07, 6.45) is 4.78. The number of ether oxygens (including phenoxy) is 1. The van der Waals surface area contributed by atoms with Crippen LogP contribution in [0.25, 0.3) is 12.2 Å². The van der Waals surface area contributed by atoms with Crippen molar-refractivity contribution in [1.82, 2.24) is 9.46 Å². The lowest BCUT2D eigenvalue weighted by atomic mass is 9.97. The molecule has 3 aromatic rings. The van der Waals surface area contributed by atoms with E-state index in [1.54, 1.807) is 17.9 Å². The van der Waals surface area contributed by atoms with Crippen molar-refractivity contribution in [2.24, 2.45) is 5.92 Å². The molecular weight excluding hydrogens is 514 g/mol. The van der Waals surface area contributed by atoms with Crippen molar-refractivity contribution >= 4 is 33.8 Å². The Balaban J connectivity index is 1.40. The van der Waals surface area contributed by atoms with Crippen LogP contribution in [0.2, 0.25) is 0 Å². The highest BCUT2D eigenvalue weighted by Gasteiger charge is 2.39. The first kappa shape index (κ1) is 27.1. The van der Waals surface area contributed by atoms with Gasteiger partial charge >= 0.3 is 0 Å². The average molecular weight is 550 g/mol. The second kappa shape index (κ2) is 10.6. The van der Waals surface area contributed by atoms with E-state index in [0.717, 1.165) is 27.9 Å². The molecule has 8 nitrogen and oxygen atoms in total. The Labute approximate surface area is 230 Å². The van der Waals surface area contributed by atoms with E-state index in [0.29, 0.717) is 44.0 Å². The van der Waals surface area contributed by atoms with Gasteiger partial charge in [0.1, 0.15) is 18.1 Å². The van der Waals surface area contributed by atoms with E-state index in [1.165, 1.54) is 9.87 Å². The molecule has 1 amide bonds. The molecule has 9 heteroatoms. The SMILES string of the molecule is Cc1cc(C)c(/C=C/c2onc(C)c2S(=O)(=O)N2CCC[C@@H](C(=O)N3CCOc4ccc(C)cc43)C2)c(C)c1. The second-order valence-corrected chi connectivity index (χ2v) is 12.5. The lowest BCUT2D eigenvalue weighted by Gasteiger charge is -2.36. The highest BCUT2D eigenvalue weighted by Crippen LogP contribution is 2.35. The van der Waals surface area contributed by atoms with Crippen LogP contribution < -0.4 is 9.64 Å². The summed E-state index contributed by atoms with van der Waals surface area (Å²) in [5.74, 6) is 0.350. The Morgan fingerprint density at radius 3 is 2.49 bits per heavy atom. The van der Waals surface area contributed by atoms with Crippen LogP contribution >= 0.6 is 0 Å².